The van der Waals surface area contributed by atoms with Crippen molar-refractivity contribution >= 4 is 35.1 Å². The first-order valence-electron chi connectivity index (χ1n) is 8.93. The normalized spacial score (nSPS) is 16.6. The van der Waals surface area contributed by atoms with E-state index in [9.17, 15) is 14.4 Å². The lowest BCUT2D eigenvalue weighted by Gasteiger charge is -2.27. The fourth-order valence-corrected chi connectivity index (χ4v) is 3.11. The van der Waals surface area contributed by atoms with Gasteiger partial charge in [-0.3, -0.25) is 14.5 Å². The van der Waals surface area contributed by atoms with Gasteiger partial charge in [-0.15, -0.1) is 0 Å². The summed E-state index contributed by atoms with van der Waals surface area (Å²) in [6, 6.07) is 10.3. The Hall–Kier alpha value is -3.62. The summed E-state index contributed by atoms with van der Waals surface area (Å²) >= 11 is 0. The molecule has 0 saturated carbocycles. The fourth-order valence-electron chi connectivity index (χ4n) is 3.11. The highest BCUT2D eigenvalue weighted by molar-refractivity contribution is 6.04. The predicted octanol–water partition coefficient (Wildman–Crippen LogP) is 1.23. The van der Waals surface area contributed by atoms with Crippen LogP contribution in [0.15, 0.2) is 42.6 Å². The zero-order valence-corrected chi connectivity index (χ0v) is 15.1. The van der Waals surface area contributed by atoms with Gasteiger partial charge in [-0.25, -0.2) is 9.78 Å². The van der Waals surface area contributed by atoms with Gasteiger partial charge in [-0.2, -0.15) is 0 Å². The number of rotatable bonds is 4. The molecule has 0 radical (unpaired) electrons. The zero-order chi connectivity index (χ0) is 19.5. The maximum Gasteiger partial charge on any atom is 0.414 e. The van der Waals surface area contributed by atoms with Gasteiger partial charge >= 0.3 is 6.09 Å². The van der Waals surface area contributed by atoms with E-state index in [4.69, 9.17) is 4.74 Å². The number of cyclic esters (lactones) is 1. The van der Waals surface area contributed by atoms with E-state index in [0.29, 0.717) is 49.0 Å². The van der Waals surface area contributed by atoms with Crippen LogP contribution in [-0.4, -0.2) is 55.7 Å². The van der Waals surface area contributed by atoms with E-state index in [1.807, 2.05) is 4.90 Å². The molecule has 3 amide bonds. The summed E-state index contributed by atoms with van der Waals surface area (Å²) in [5, 5.41) is 5.56. The second-order valence-electron chi connectivity index (χ2n) is 6.44. The number of ether oxygens (including phenoxy) is 1. The van der Waals surface area contributed by atoms with Gasteiger partial charge in [0.1, 0.15) is 12.4 Å². The lowest BCUT2D eigenvalue weighted by molar-refractivity contribution is -0.120. The molecule has 9 nitrogen and oxygen atoms in total. The van der Waals surface area contributed by atoms with Crippen molar-refractivity contribution < 1.29 is 19.1 Å². The lowest BCUT2D eigenvalue weighted by atomic mass is 10.2. The third-order valence-electron chi connectivity index (χ3n) is 4.57. The molecule has 2 saturated heterocycles. The molecule has 144 valence electrons. The summed E-state index contributed by atoms with van der Waals surface area (Å²) in [4.78, 5) is 43.2. The number of benzene rings is 1. The molecule has 2 N–H and O–H groups in total. The number of piperazine rings is 1. The van der Waals surface area contributed by atoms with Crippen LogP contribution in [0, 0.1) is 0 Å². The summed E-state index contributed by atoms with van der Waals surface area (Å²) in [6.45, 7) is 2.42. The summed E-state index contributed by atoms with van der Waals surface area (Å²) in [6.07, 6.45) is 1.18. The van der Waals surface area contributed by atoms with Crippen molar-refractivity contribution in [2.75, 3.05) is 47.9 Å². The molecule has 0 spiro atoms. The Bertz CT molecular complexity index is 898. The Morgan fingerprint density at radius 1 is 1.11 bits per heavy atom. The van der Waals surface area contributed by atoms with E-state index >= 15 is 0 Å². The number of hydrogen-bond acceptors (Lipinski definition) is 6. The zero-order valence-electron chi connectivity index (χ0n) is 15.1. The molecule has 0 bridgehead atoms. The van der Waals surface area contributed by atoms with Crippen LogP contribution in [0.2, 0.25) is 0 Å². The van der Waals surface area contributed by atoms with Crippen LogP contribution < -0.4 is 20.4 Å². The average molecular weight is 381 g/mol. The van der Waals surface area contributed by atoms with Crippen molar-refractivity contribution in [2.45, 2.75) is 0 Å². The van der Waals surface area contributed by atoms with Crippen LogP contribution in [0.1, 0.15) is 10.4 Å². The monoisotopic (exact) mass is 381 g/mol. The van der Waals surface area contributed by atoms with Crippen molar-refractivity contribution in [3.05, 3.63) is 48.2 Å². The Morgan fingerprint density at radius 3 is 2.57 bits per heavy atom. The predicted molar refractivity (Wildman–Crippen MR) is 103 cm³/mol. The third-order valence-corrected chi connectivity index (χ3v) is 4.57. The van der Waals surface area contributed by atoms with Gasteiger partial charge in [0.05, 0.1) is 25.0 Å². The number of carbonyl (C=O) groups is 3. The minimum Gasteiger partial charge on any atom is -0.447 e. The largest absolute Gasteiger partial charge is 0.447 e. The van der Waals surface area contributed by atoms with E-state index < -0.39 is 0 Å². The van der Waals surface area contributed by atoms with Crippen molar-refractivity contribution in [3.8, 4) is 0 Å². The number of pyridine rings is 1. The van der Waals surface area contributed by atoms with Gasteiger partial charge in [0.15, 0.2) is 0 Å². The smallest absolute Gasteiger partial charge is 0.414 e. The molecule has 3 heterocycles. The van der Waals surface area contributed by atoms with Gasteiger partial charge in [0.25, 0.3) is 5.91 Å². The lowest BCUT2D eigenvalue weighted by Crippen LogP contribution is -2.48. The van der Waals surface area contributed by atoms with Gasteiger partial charge in [-0.1, -0.05) is 0 Å². The Labute approximate surface area is 161 Å². The molecular weight excluding hydrogens is 362 g/mol. The van der Waals surface area contributed by atoms with Crippen molar-refractivity contribution in [3.63, 3.8) is 0 Å². The Morgan fingerprint density at radius 2 is 1.93 bits per heavy atom. The fraction of sp³-hybridized carbons (Fsp3) is 0.263. The number of anilines is 3. The van der Waals surface area contributed by atoms with E-state index in [-0.39, 0.29) is 24.5 Å². The molecule has 9 heteroatoms. The third kappa shape index (κ3) is 3.73. The molecule has 4 rings (SSSR count). The maximum absolute atomic E-state index is 12.4. The number of nitrogens with zero attached hydrogens (tertiary/aromatic N) is 3. The number of aromatic nitrogens is 1. The molecule has 2 aliphatic rings. The van der Waals surface area contributed by atoms with Crippen LogP contribution >= 0.6 is 0 Å². The SMILES string of the molecule is O=C1CN(c2ccc(NC(=O)c3ccc(N4CCOC4=O)cc3)cn2)CCN1. The van der Waals surface area contributed by atoms with E-state index in [2.05, 4.69) is 15.6 Å². The quantitative estimate of drug-likeness (QED) is 0.826. The molecule has 1 aromatic heterocycles. The number of amides is 3. The molecule has 0 unspecified atom stereocenters. The minimum atomic E-state index is -0.380. The number of carbonyl (C=O) groups excluding carboxylic acids is 3. The summed E-state index contributed by atoms with van der Waals surface area (Å²) < 4.78 is 4.91. The summed E-state index contributed by atoms with van der Waals surface area (Å²) in [5.41, 5.74) is 1.71. The van der Waals surface area contributed by atoms with E-state index in [0.717, 1.165) is 0 Å². The molecule has 1 aromatic carbocycles. The Kier molecular flexibility index (Phi) is 4.79. The van der Waals surface area contributed by atoms with Crippen LogP contribution in [0.5, 0.6) is 0 Å². The van der Waals surface area contributed by atoms with Gasteiger partial charge in [0, 0.05) is 24.3 Å². The first-order chi connectivity index (χ1) is 13.6. The topological polar surface area (TPSA) is 104 Å². The molecular formula is C19H19N5O4. The minimum absolute atomic E-state index is 0.0314. The van der Waals surface area contributed by atoms with E-state index in [1.165, 1.54) is 4.90 Å². The van der Waals surface area contributed by atoms with Crippen LogP contribution in [-0.2, 0) is 9.53 Å². The molecule has 2 aromatic rings. The first kappa shape index (κ1) is 17.8. The molecule has 0 aliphatic carbocycles. The Balaban J connectivity index is 1.39. The standard InChI is InChI=1S/C19H19N5O4/c25-17-12-23(8-7-20-17)16-6-3-14(11-21-16)22-18(26)13-1-4-15(5-2-13)24-9-10-28-19(24)27/h1-6,11H,7-10,12H2,(H,20,25)(H,22,26). The summed E-state index contributed by atoms with van der Waals surface area (Å²) in [5.74, 6) is 0.383. The molecule has 0 atom stereocenters. The van der Waals surface area contributed by atoms with Crippen molar-refractivity contribution in [1.29, 1.82) is 0 Å². The maximum atomic E-state index is 12.4. The highest BCUT2D eigenvalue weighted by atomic mass is 16.6. The van der Waals surface area contributed by atoms with Crippen molar-refractivity contribution in [1.82, 2.24) is 10.3 Å². The average Bonchev–Trinajstić information content (AvgIpc) is 3.14. The second-order valence-corrected chi connectivity index (χ2v) is 6.44. The highest BCUT2D eigenvalue weighted by Gasteiger charge is 2.23. The van der Waals surface area contributed by atoms with Crippen molar-refractivity contribution in [2.24, 2.45) is 0 Å². The molecule has 28 heavy (non-hydrogen) atoms. The van der Waals surface area contributed by atoms with Crippen LogP contribution in [0.4, 0.5) is 22.0 Å². The van der Waals surface area contributed by atoms with Gasteiger partial charge < -0.3 is 20.3 Å². The number of hydrogen-bond donors (Lipinski definition) is 2. The van der Waals surface area contributed by atoms with Gasteiger partial charge in [-0.05, 0) is 36.4 Å². The van der Waals surface area contributed by atoms with Gasteiger partial charge in [0.2, 0.25) is 5.91 Å². The molecule has 2 aliphatic heterocycles. The van der Waals surface area contributed by atoms with E-state index in [1.54, 1.807) is 42.6 Å². The van der Waals surface area contributed by atoms with Crippen LogP contribution in [0.25, 0.3) is 0 Å². The highest BCUT2D eigenvalue weighted by Crippen LogP contribution is 2.20. The first-order valence-corrected chi connectivity index (χ1v) is 8.93. The van der Waals surface area contributed by atoms with Crippen LogP contribution in [0.3, 0.4) is 0 Å². The summed E-state index contributed by atoms with van der Waals surface area (Å²) in [7, 11) is 0. The molecule has 2 fully saturated rings. The second kappa shape index (κ2) is 7.55. The number of nitrogens with one attached hydrogen (secondary N) is 2.